The van der Waals surface area contributed by atoms with Crippen molar-refractivity contribution in [2.75, 3.05) is 5.32 Å². The second-order valence-electron chi connectivity index (χ2n) is 5.07. The van der Waals surface area contributed by atoms with Crippen LogP contribution in [0.15, 0.2) is 66.1 Å². The van der Waals surface area contributed by atoms with Crippen LogP contribution in [-0.2, 0) is 16.6 Å². The van der Waals surface area contributed by atoms with Gasteiger partial charge in [0.25, 0.3) is 0 Å². The zero-order chi connectivity index (χ0) is 17.0. The van der Waals surface area contributed by atoms with Gasteiger partial charge in [-0.05, 0) is 29.8 Å². The quantitative estimate of drug-likeness (QED) is 0.732. The van der Waals surface area contributed by atoms with Gasteiger partial charge in [0.15, 0.2) is 0 Å². The Morgan fingerprint density at radius 1 is 0.958 bits per heavy atom. The fourth-order valence-corrected chi connectivity index (χ4v) is 2.60. The molecule has 0 unspecified atom stereocenters. The molecule has 2 heterocycles. The van der Waals surface area contributed by atoms with E-state index >= 15 is 0 Å². The first-order valence-corrected chi connectivity index (χ1v) is 8.65. The van der Waals surface area contributed by atoms with Gasteiger partial charge in [-0.15, -0.1) is 0 Å². The van der Waals surface area contributed by atoms with Gasteiger partial charge < -0.3 is 5.32 Å². The molecule has 0 atom stereocenters. The summed E-state index contributed by atoms with van der Waals surface area (Å²) in [5, 5.41) is 8.20. The largest absolute Gasteiger partial charge is 0.365 e. The maximum atomic E-state index is 11.2. The van der Waals surface area contributed by atoms with Gasteiger partial charge in [-0.3, -0.25) is 9.97 Å². The van der Waals surface area contributed by atoms with Gasteiger partial charge in [0, 0.05) is 24.5 Å². The highest BCUT2D eigenvalue weighted by Crippen LogP contribution is 2.16. The van der Waals surface area contributed by atoms with E-state index in [2.05, 4.69) is 20.3 Å². The number of nitrogens with two attached hydrogens (primary N) is 1. The molecule has 0 saturated heterocycles. The highest BCUT2D eigenvalue weighted by Gasteiger charge is 2.06. The minimum atomic E-state index is -3.67. The molecule has 8 heteroatoms. The Bertz CT molecular complexity index is 911. The normalized spacial score (nSPS) is 11.2. The van der Waals surface area contributed by atoms with Crippen molar-refractivity contribution in [1.29, 1.82) is 0 Å². The van der Waals surface area contributed by atoms with Crippen LogP contribution in [0.1, 0.15) is 5.56 Å². The topological polar surface area (TPSA) is 111 Å². The summed E-state index contributed by atoms with van der Waals surface area (Å²) < 4.78 is 22.4. The number of hydrogen-bond donors (Lipinski definition) is 2. The third-order valence-corrected chi connectivity index (χ3v) is 4.28. The second-order valence-corrected chi connectivity index (χ2v) is 6.63. The Morgan fingerprint density at radius 2 is 1.67 bits per heavy atom. The molecular formula is C16H15N5O2S. The Labute approximate surface area is 139 Å². The smallest absolute Gasteiger partial charge is 0.238 e. The number of pyridine rings is 1. The van der Waals surface area contributed by atoms with Crippen LogP contribution in [-0.4, -0.2) is 23.4 Å². The van der Waals surface area contributed by atoms with Crippen molar-refractivity contribution >= 4 is 15.8 Å². The van der Waals surface area contributed by atoms with E-state index in [0.717, 1.165) is 16.8 Å². The standard InChI is InChI=1S/C16H15N5O2S/c17-24(22,23)14-3-1-12(2-4-14)9-20-16-11-19-15(10-21-16)13-5-7-18-8-6-13/h1-8,10-11H,9H2,(H,20,21)(H2,17,22,23). The molecule has 3 N–H and O–H groups in total. The van der Waals surface area contributed by atoms with Gasteiger partial charge in [0.2, 0.25) is 10.0 Å². The van der Waals surface area contributed by atoms with Crippen LogP contribution in [0, 0.1) is 0 Å². The summed E-state index contributed by atoms with van der Waals surface area (Å²) >= 11 is 0. The third-order valence-electron chi connectivity index (χ3n) is 3.35. The molecule has 1 aromatic carbocycles. The molecule has 0 fully saturated rings. The zero-order valence-corrected chi connectivity index (χ0v) is 13.4. The minimum absolute atomic E-state index is 0.0905. The van der Waals surface area contributed by atoms with E-state index in [-0.39, 0.29) is 4.90 Å². The number of rotatable bonds is 5. The average Bonchev–Trinajstić information content (AvgIpc) is 2.61. The summed E-state index contributed by atoms with van der Waals surface area (Å²) in [7, 11) is -3.67. The number of sulfonamides is 1. The first-order chi connectivity index (χ1) is 11.5. The lowest BCUT2D eigenvalue weighted by Crippen LogP contribution is -2.12. The maximum Gasteiger partial charge on any atom is 0.238 e. The van der Waals surface area contributed by atoms with Crippen LogP contribution >= 0.6 is 0 Å². The molecule has 0 bridgehead atoms. The van der Waals surface area contributed by atoms with E-state index < -0.39 is 10.0 Å². The van der Waals surface area contributed by atoms with Gasteiger partial charge in [-0.2, -0.15) is 0 Å². The highest BCUT2D eigenvalue weighted by molar-refractivity contribution is 7.89. The third kappa shape index (κ3) is 3.92. The first-order valence-electron chi connectivity index (χ1n) is 7.10. The molecule has 0 saturated carbocycles. The fraction of sp³-hybridized carbons (Fsp3) is 0.0625. The Morgan fingerprint density at radius 3 is 2.25 bits per heavy atom. The van der Waals surface area contributed by atoms with Crippen molar-refractivity contribution < 1.29 is 8.42 Å². The molecular weight excluding hydrogens is 326 g/mol. The maximum absolute atomic E-state index is 11.2. The molecule has 3 aromatic rings. The van der Waals surface area contributed by atoms with Crippen LogP contribution < -0.4 is 10.5 Å². The van der Waals surface area contributed by atoms with Gasteiger partial charge in [0.1, 0.15) is 5.82 Å². The van der Waals surface area contributed by atoms with Crippen LogP contribution in [0.3, 0.4) is 0 Å². The SMILES string of the molecule is NS(=O)(=O)c1ccc(CNc2cnc(-c3ccncc3)cn2)cc1. The van der Waals surface area contributed by atoms with E-state index in [0.29, 0.717) is 12.4 Å². The van der Waals surface area contributed by atoms with Crippen LogP contribution in [0.25, 0.3) is 11.3 Å². The summed E-state index contributed by atoms with van der Waals surface area (Å²) in [6, 6.07) is 10.1. The Hall–Kier alpha value is -2.84. The Balaban J connectivity index is 1.65. The van der Waals surface area contributed by atoms with E-state index in [1.165, 1.54) is 12.1 Å². The molecule has 0 aliphatic heterocycles. The second kappa shape index (κ2) is 6.73. The average molecular weight is 341 g/mol. The summed E-state index contributed by atoms with van der Waals surface area (Å²) in [6.45, 7) is 0.494. The van der Waals surface area contributed by atoms with Crippen molar-refractivity contribution in [1.82, 2.24) is 15.0 Å². The molecule has 3 rings (SSSR count). The minimum Gasteiger partial charge on any atom is -0.365 e. The van der Waals surface area contributed by atoms with E-state index in [1.54, 1.807) is 36.9 Å². The fourth-order valence-electron chi connectivity index (χ4n) is 2.08. The Kier molecular flexibility index (Phi) is 4.50. The number of aromatic nitrogens is 3. The number of hydrogen-bond acceptors (Lipinski definition) is 6. The predicted molar refractivity (Wildman–Crippen MR) is 90.4 cm³/mol. The number of anilines is 1. The summed E-state index contributed by atoms with van der Waals surface area (Å²) in [4.78, 5) is 12.7. The molecule has 0 aliphatic rings. The van der Waals surface area contributed by atoms with E-state index in [9.17, 15) is 8.42 Å². The molecule has 2 aromatic heterocycles. The molecule has 0 spiro atoms. The lowest BCUT2D eigenvalue weighted by molar-refractivity contribution is 0.598. The van der Waals surface area contributed by atoms with E-state index in [1.807, 2.05) is 12.1 Å². The van der Waals surface area contributed by atoms with Crippen molar-refractivity contribution in [3.05, 3.63) is 66.7 Å². The van der Waals surface area contributed by atoms with Crippen molar-refractivity contribution in [2.24, 2.45) is 5.14 Å². The summed E-state index contributed by atoms with van der Waals surface area (Å²) in [5.74, 6) is 0.628. The lowest BCUT2D eigenvalue weighted by atomic mass is 10.2. The first kappa shape index (κ1) is 16.0. The van der Waals surface area contributed by atoms with E-state index in [4.69, 9.17) is 5.14 Å². The number of nitrogens with one attached hydrogen (secondary N) is 1. The van der Waals surface area contributed by atoms with Crippen LogP contribution in [0.5, 0.6) is 0 Å². The van der Waals surface area contributed by atoms with Gasteiger partial charge >= 0.3 is 0 Å². The van der Waals surface area contributed by atoms with Crippen molar-refractivity contribution in [2.45, 2.75) is 11.4 Å². The summed E-state index contributed by atoms with van der Waals surface area (Å²) in [5.41, 5.74) is 2.62. The highest BCUT2D eigenvalue weighted by atomic mass is 32.2. The zero-order valence-electron chi connectivity index (χ0n) is 12.6. The molecule has 122 valence electrons. The van der Waals surface area contributed by atoms with Crippen LogP contribution in [0.4, 0.5) is 5.82 Å². The molecule has 0 radical (unpaired) electrons. The summed E-state index contributed by atoms with van der Waals surface area (Å²) in [6.07, 6.45) is 6.74. The monoisotopic (exact) mass is 341 g/mol. The predicted octanol–water partition coefficient (Wildman–Crippen LogP) is 1.80. The molecule has 24 heavy (non-hydrogen) atoms. The molecule has 0 aliphatic carbocycles. The van der Waals surface area contributed by atoms with Gasteiger partial charge in [-0.25, -0.2) is 18.5 Å². The molecule has 0 amide bonds. The molecule has 7 nitrogen and oxygen atoms in total. The number of nitrogens with zero attached hydrogens (tertiary/aromatic N) is 3. The van der Waals surface area contributed by atoms with Crippen molar-refractivity contribution in [3.63, 3.8) is 0 Å². The van der Waals surface area contributed by atoms with Crippen LogP contribution in [0.2, 0.25) is 0 Å². The lowest BCUT2D eigenvalue weighted by Gasteiger charge is -2.07. The van der Waals surface area contributed by atoms with Crippen molar-refractivity contribution in [3.8, 4) is 11.3 Å². The number of benzene rings is 1. The number of primary sulfonamides is 1. The van der Waals surface area contributed by atoms with Gasteiger partial charge in [-0.1, -0.05) is 12.1 Å². The van der Waals surface area contributed by atoms with Gasteiger partial charge in [0.05, 0.1) is 23.0 Å².